The topological polar surface area (TPSA) is 66.5 Å². The number of sulfonamides is 1. The number of hydrogen-bond donors (Lipinski definition) is 1. The maximum atomic E-state index is 13.3. The van der Waals surface area contributed by atoms with Gasteiger partial charge in [0.2, 0.25) is 0 Å². The van der Waals surface area contributed by atoms with Crippen LogP contribution in [0.15, 0.2) is 71.6 Å². The average Bonchev–Trinajstić information content (AvgIpc) is 2.83. The fraction of sp³-hybridized carbons (Fsp3) is 0.269. The van der Waals surface area contributed by atoms with Crippen molar-refractivity contribution in [2.45, 2.75) is 44.4 Å². The van der Waals surface area contributed by atoms with Crippen molar-refractivity contribution < 1.29 is 13.2 Å². The van der Waals surface area contributed by atoms with Crippen LogP contribution in [0.5, 0.6) is 0 Å². The molecule has 1 heterocycles. The molecule has 0 fully saturated rings. The highest BCUT2D eigenvalue weighted by Gasteiger charge is 2.29. The normalized spacial score (nSPS) is 13.5. The first-order valence-corrected chi connectivity index (χ1v) is 12.5. The third kappa shape index (κ3) is 4.15. The quantitative estimate of drug-likeness (QED) is 0.563. The van der Waals surface area contributed by atoms with Gasteiger partial charge in [-0.1, -0.05) is 50.2 Å². The second kappa shape index (κ2) is 9.17. The van der Waals surface area contributed by atoms with E-state index in [0.29, 0.717) is 12.1 Å². The predicted molar refractivity (Wildman–Crippen MR) is 129 cm³/mol. The van der Waals surface area contributed by atoms with E-state index in [-0.39, 0.29) is 10.8 Å². The number of rotatable bonds is 6. The van der Waals surface area contributed by atoms with Crippen LogP contribution in [0.4, 0.5) is 11.4 Å². The van der Waals surface area contributed by atoms with Crippen molar-refractivity contribution in [1.82, 2.24) is 0 Å². The number of para-hydroxylation sites is 2. The molecule has 3 aromatic carbocycles. The van der Waals surface area contributed by atoms with Crippen molar-refractivity contribution in [3.8, 4) is 0 Å². The van der Waals surface area contributed by atoms with Crippen LogP contribution in [0.1, 0.15) is 47.3 Å². The highest BCUT2D eigenvalue weighted by atomic mass is 32.2. The second-order valence-electron chi connectivity index (χ2n) is 7.95. The van der Waals surface area contributed by atoms with E-state index < -0.39 is 10.0 Å². The van der Waals surface area contributed by atoms with Crippen molar-refractivity contribution >= 4 is 27.3 Å². The lowest BCUT2D eigenvalue weighted by Gasteiger charge is -2.30. The molecular formula is C26H28N2O3S. The Bertz CT molecular complexity index is 1210. The van der Waals surface area contributed by atoms with Crippen molar-refractivity contribution in [3.05, 3.63) is 89.0 Å². The third-order valence-corrected chi connectivity index (χ3v) is 7.84. The van der Waals surface area contributed by atoms with Gasteiger partial charge >= 0.3 is 0 Å². The van der Waals surface area contributed by atoms with Gasteiger partial charge in [-0.2, -0.15) is 0 Å². The molecule has 0 unspecified atom stereocenters. The van der Waals surface area contributed by atoms with E-state index >= 15 is 0 Å². The van der Waals surface area contributed by atoms with Gasteiger partial charge in [0, 0.05) is 17.8 Å². The molecule has 0 spiro atoms. The molecule has 0 bridgehead atoms. The number of carbonyl (C=O) groups is 1. The fourth-order valence-corrected chi connectivity index (χ4v) is 5.78. The van der Waals surface area contributed by atoms with Gasteiger partial charge in [0.25, 0.3) is 15.9 Å². The van der Waals surface area contributed by atoms with Gasteiger partial charge in [0.05, 0.1) is 10.6 Å². The lowest BCUT2D eigenvalue weighted by Crippen LogP contribution is -2.35. The highest BCUT2D eigenvalue weighted by Crippen LogP contribution is 2.32. The van der Waals surface area contributed by atoms with Gasteiger partial charge in [-0.05, 0) is 72.7 Å². The number of nitrogens with zero attached hydrogens (tertiary/aromatic N) is 1. The van der Waals surface area contributed by atoms with Gasteiger partial charge < -0.3 is 5.32 Å². The molecule has 0 aliphatic carbocycles. The number of amides is 1. The van der Waals surface area contributed by atoms with E-state index in [9.17, 15) is 13.2 Å². The molecule has 1 amide bonds. The molecule has 32 heavy (non-hydrogen) atoms. The number of hydrogen-bond acceptors (Lipinski definition) is 3. The summed E-state index contributed by atoms with van der Waals surface area (Å²) in [6.07, 6.45) is 3.30. The zero-order valence-corrected chi connectivity index (χ0v) is 19.3. The van der Waals surface area contributed by atoms with Crippen molar-refractivity contribution in [1.29, 1.82) is 0 Å². The zero-order chi connectivity index (χ0) is 22.7. The van der Waals surface area contributed by atoms with Crippen LogP contribution in [-0.2, 0) is 29.3 Å². The van der Waals surface area contributed by atoms with Crippen LogP contribution in [-0.4, -0.2) is 20.9 Å². The predicted octanol–water partition coefficient (Wildman–Crippen LogP) is 5.21. The van der Waals surface area contributed by atoms with Gasteiger partial charge in [0.15, 0.2) is 0 Å². The molecular weight excluding hydrogens is 420 g/mol. The Hall–Kier alpha value is -3.12. The largest absolute Gasteiger partial charge is 0.321 e. The molecule has 5 nitrogen and oxygen atoms in total. The van der Waals surface area contributed by atoms with Gasteiger partial charge in [0.1, 0.15) is 0 Å². The summed E-state index contributed by atoms with van der Waals surface area (Å²) in [4.78, 5) is 13.1. The molecule has 166 valence electrons. The van der Waals surface area contributed by atoms with E-state index in [4.69, 9.17) is 0 Å². The number of carbonyl (C=O) groups excluding carboxylic acids is 1. The van der Waals surface area contributed by atoms with E-state index in [2.05, 4.69) is 19.2 Å². The van der Waals surface area contributed by atoms with Crippen molar-refractivity contribution in [2.24, 2.45) is 0 Å². The van der Waals surface area contributed by atoms with Crippen LogP contribution >= 0.6 is 0 Å². The average molecular weight is 449 g/mol. The van der Waals surface area contributed by atoms with E-state index in [1.165, 1.54) is 16.4 Å². The first-order chi connectivity index (χ1) is 15.5. The van der Waals surface area contributed by atoms with Crippen molar-refractivity contribution in [3.63, 3.8) is 0 Å². The van der Waals surface area contributed by atoms with Crippen LogP contribution in [0.2, 0.25) is 0 Å². The minimum absolute atomic E-state index is 0.189. The zero-order valence-electron chi connectivity index (χ0n) is 18.5. The number of nitrogens with one attached hydrogen (secondary N) is 1. The summed E-state index contributed by atoms with van der Waals surface area (Å²) in [5.74, 6) is -0.243. The minimum atomic E-state index is -3.70. The Balaban J connectivity index is 1.58. The summed E-state index contributed by atoms with van der Waals surface area (Å²) in [7, 11) is -3.70. The fourth-order valence-electron chi connectivity index (χ4n) is 4.24. The highest BCUT2D eigenvalue weighted by molar-refractivity contribution is 7.92. The Morgan fingerprint density at radius 2 is 1.56 bits per heavy atom. The molecule has 1 aliphatic rings. The molecule has 3 aromatic rings. The minimum Gasteiger partial charge on any atom is -0.321 e. The Morgan fingerprint density at radius 1 is 0.906 bits per heavy atom. The Labute approximate surface area is 190 Å². The lowest BCUT2D eigenvalue weighted by molar-refractivity contribution is 0.102. The second-order valence-corrected chi connectivity index (χ2v) is 9.81. The summed E-state index contributed by atoms with van der Waals surface area (Å²) in [6.45, 7) is 4.57. The number of anilines is 2. The van der Waals surface area contributed by atoms with Gasteiger partial charge in [-0.15, -0.1) is 0 Å². The summed E-state index contributed by atoms with van der Waals surface area (Å²) in [5.41, 5.74) is 5.23. The molecule has 1 aliphatic heterocycles. The molecule has 0 saturated carbocycles. The first kappa shape index (κ1) is 22.1. The number of fused-ring (bicyclic) bond motifs is 1. The molecule has 0 atom stereocenters. The SMILES string of the molecule is CCc1cccc(CC)c1NC(=O)c1ccc(S(=O)(=O)N2CCCc3ccccc32)cc1. The summed E-state index contributed by atoms with van der Waals surface area (Å²) >= 11 is 0. The number of benzene rings is 3. The lowest BCUT2D eigenvalue weighted by atomic mass is 10.0. The van der Waals surface area contributed by atoms with Crippen LogP contribution in [0.3, 0.4) is 0 Å². The summed E-state index contributed by atoms with van der Waals surface area (Å²) in [6, 6.07) is 19.9. The van der Waals surface area contributed by atoms with E-state index in [1.807, 2.05) is 42.5 Å². The number of aryl methyl sites for hydroxylation is 3. The smallest absolute Gasteiger partial charge is 0.264 e. The third-order valence-electron chi connectivity index (χ3n) is 6.01. The molecule has 0 saturated heterocycles. The van der Waals surface area contributed by atoms with Gasteiger partial charge in [-0.25, -0.2) is 8.42 Å². The van der Waals surface area contributed by atoms with Gasteiger partial charge in [-0.3, -0.25) is 9.10 Å². The maximum absolute atomic E-state index is 13.3. The summed E-state index contributed by atoms with van der Waals surface area (Å²) in [5, 5.41) is 3.03. The first-order valence-electron chi connectivity index (χ1n) is 11.1. The molecule has 4 rings (SSSR count). The Kier molecular flexibility index (Phi) is 6.33. The van der Waals surface area contributed by atoms with Crippen LogP contribution in [0, 0.1) is 0 Å². The summed E-state index contributed by atoms with van der Waals surface area (Å²) < 4.78 is 28.1. The van der Waals surface area contributed by atoms with Crippen LogP contribution < -0.4 is 9.62 Å². The maximum Gasteiger partial charge on any atom is 0.264 e. The van der Waals surface area contributed by atoms with Crippen molar-refractivity contribution in [2.75, 3.05) is 16.2 Å². The molecule has 0 radical (unpaired) electrons. The standard InChI is InChI=1S/C26H28N2O3S/c1-3-19-10-7-11-20(4-2)25(19)27-26(29)22-14-16-23(17-15-22)32(30,31)28-18-8-12-21-9-5-6-13-24(21)28/h5-7,9-11,13-17H,3-4,8,12,18H2,1-2H3,(H,27,29). The molecule has 1 N–H and O–H groups in total. The monoisotopic (exact) mass is 448 g/mol. The van der Waals surface area contributed by atoms with E-state index in [0.717, 1.165) is 53.7 Å². The molecule has 0 aromatic heterocycles. The van der Waals surface area contributed by atoms with Crippen LogP contribution in [0.25, 0.3) is 0 Å². The molecule has 6 heteroatoms. The van der Waals surface area contributed by atoms with E-state index in [1.54, 1.807) is 12.1 Å². The Morgan fingerprint density at radius 3 is 2.22 bits per heavy atom.